The highest BCUT2D eigenvalue weighted by molar-refractivity contribution is 6.35. The Morgan fingerprint density at radius 2 is 1.66 bits per heavy atom. The van der Waals surface area contributed by atoms with Gasteiger partial charge in [-0.1, -0.05) is 36.2 Å². The molecule has 0 fully saturated rings. The number of hydrogen-bond acceptors (Lipinski definition) is 5. The first-order valence-corrected chi connectivity index (χ1v) is 10.9. The van der Waals surface area contributed by atoms with Crippen molar-refractivity contribution in [3.8, 4) is 17.2 Å². The highest BCUT2D eigenvalue weighted by atomic mass is 35.5. The van der Waals surface area contributed by atoms with Gasteiger partial charge in [0.15, 0.2) is 6.61 Å². The summed E-state index contributed by atoms with van der Waals surface area (Å²) in [5.41, 5.74) is 0.669. The second kappa shape index (κ2) is 12.4. The summed E-state index contributed by atoms with van der Waals surface area (Å²) < 4.78 is 16.1. The van der Waals surface area contributed by atoms with Gasteiger partial charge in [0, 0.05) is 41.3 Å². The molecule has 0 heterocycles. The third-order valence-electron chi connectivity index (χ3n) is 4.76. The predicted octanol–water partition coefficient (Wildman–Crippen LogP) is 4.33. The minimum atomic E-state index is -0.732. The summed E-state index contributed by atoms with van der Waals surface area (Å²) in [5.74, 6) is 0.834. The third kappa shape index (κ3) is 7.21. The van der Waals surface area contributed by atoms with E-state index < -0.39 is 6.04 Å². The molecular formula is C23H28Cl2N2O5. The maximum Gasteiger partial charge on any atom is 0.261 e. The summed E-state index contributed by atoms with van der Waals surface area (Å²) in [5, 5.41) is 3.72. The lowest BCUT2D eigenvalue weighted by Gasteiger charge is -2.29. The number of rotatable bonds is 11. The van der Waals surface area contributed by atoms with Crippen LogP contribution in [0.2, 0.25) is 10.0 Å². The minimum absolute atomic E-state index is 0.125. The van der Waals surface area contributed by atoms with Crippen molar-refractivity contribution < 1.29 is 23.8 Å². The molecule has 0 aliphatic heterocycles. The molecule has 2 aromatic carbocycles. The highest BCUT2D eigenvalue weighted by Crippen LogP contribution is 2.28. The number of nitrogens with one attached hydrogen (secondary N) is 1. The molecule has 7 nitrogen and oxygen atoms in total. The second-order valence-electron chi connectivity index (χ2n) is 7.06. The summed E-state index contributed by atoms with van der Waals surface area (Å²) in [6, 6.07) is 9.28. The number of benzene rings is 2. The van der Waals surface area contributed by atoms with Gasteiger partial charge in [-0.15, -0.1) is 0 Å². The molecule has 2 aromatic rings. The molecule has 2 rings (SSSR count). The molecule has 0 aromatic heterocycles. The summed E-state index contributed by atoms with van der Waals surface area (Å²) in [4.78, 5) is 27.1. The van der Waals surface area contributed by atoms with Crippen LogP contribution in [-0.2, 0) is 16.1 Å². The van der Waals surface area contributed by atoms with Gasteiger partial charge in [0.25, 0.3) is 5.91 Å². The molecule has 0 saturated carbocycles. The minimum Gasteiger partial charge on any atom is -0.496 e. The Morgan fingerprint density at radius 1 is 1.03 bits per heavy atom. The van der Waals surface area contributed by atoms with Crippen molar-refractivity contribution in [3.05, 3.63) is 52.0 Å². The predicted molar refractivity (Wildman–Crippen MR) is 125 cm³/mol. The molecule has 0 aliphatic carbocycles. The zero-order valence-electron chi connectivity index (χ0n) is 18.6. The number of carbonyl (C=O) groups excluding carboxylic acids is 2. The zero-order valence-corrected chi connectivity index (χ0v) is 20.1. The molecular weight excluding hydrogens is 455 g/mol. The molecule has 0 aliphatic rings. The SMILES string of the molecule is CCCNC(=O)C(C)N(Cc1ccc(Cl)cc1Cl)C(=O)COc1cc(OC)cc(OC)c1. The average Bonchev–Trinajstić information content (AvgIpc) is 2.79. The number of halogens is 2. The second-order valence-corrected chi connectivity index (χ2v) is 7.91. The first-order chi connectivity index (χ1) is 15.3. The molecule has 9 heteroatoms. The van der Waals surface area contributed by atoms with E-state index in [4.69, 9.17) is 37.4 Å². The normalized spacial score (nSPS) is 11.4. The molecule has 0 radical (unpaired) electrons. The van der Waals surface area contributed by atoms with E-state index in [0.717, 1.165) is 6.42 Å². The number of methoxy groups -OCH3 is 2. The summed E-state index contributed by atoms with van der Waals surface area (Å²) in [6.45, 7) is 3.99. The van der Waals surface area contributed by atoms with E-state index in [1.165, 1.54) is 19.1 Å². The Labute approximate surface area is 198 Å². The quantitative estimate of drug-likeness (QED) is 0.515. The molecule has 0 bridgehead atoms. The van der Waals surface area contributed by atoms with Crippen LogP contribution in [0.25, 0.3) is 0 Å². The topological polar surface area (TPSA) is 77.1 Å². The van der Waals surface area contributed by atoms with E-state index in [-0.39, 0.29) is 25.0 Å². The van der Waals surface area contributed by atoms with Gasteiger partial charge in [0.1, 0.15) is 23.3 Å². The lowest BCUT2D eigenvalue weighted by molar-refractivity contribution is -0.142. The van der Waals surface area contributed by atoms with Crippen LogP contribution < -0.4 is 19.5 Å². The fourth-order valence-corrected chi connectivity index (χ4v) is 3.37. The van der Waals surface area contributed by atoms with Crippen molar-refractivity contribution in [2.24, 2.45) is 0 Å². The number of carbonyl (C=O) groups is 2. The van der Waals surface area contributed by atoms with Gasteiger partial charge < -0.3 is 24.4 Å². The van der Waals surface area contributed by atoms with Gasteiger partial charge in [-0.25, -0.2) is 0 Å². The highest BCUT2D eigenvalue weighted by Gasteiger charge is 2.27. The van der Waals surface area contributed by atoms with Crippen LogP contribution in [0.4, 0.5) is 0 Å². The van der Waals surface area contributed by atoms with Crippen LogP contribution in [-0.4, -0.2) is 50.1 Å². The first-order valence-electron chi connectivity index (χ1n) is 10.2. The van der Waals surface area contributed by atoms with Crippen molar-refractivity contribution in [1.29, 1.82) is 0 Å². The van der Waals surface area contributed by atoms with Gasteiger partial charge >= 0.3 is 0 Å². The third-order valence-corrected chi connectivity index (χ3v) is 5.35. The van der Waals surface area contributed by atoms with Crippen molar-refractivity contribution in [1.82, 2.24) is 10.2 Å². The molecule has 1 atom stereocenters. The largest absolute Gasteiger partial charge is 0.496 e. The van der Waals surface area contributed by atoms with Gasteiger partial charge in [-0.2, -0.15) is 0 Å². The average molecular weight is 483 g/mol. The van der Waals surface area contributed by atoms with Crippen molar-refractivity contribution in [2.75, 3.05) is 27.4 Å². The van der Waals surface area contributed by atoms with Crippen molar-refractivity contribution in [3.63, 3.8) is 0 Å². The van der Waals surface area contributed by atoms with Crippen LogP contribution in [0.3, 0.4) is 0 Å². The summed E-state index contributed by atoms with van der Waals surface area (Å²) in [6.07, 6.45) is 0.788. The Balaban J connectivity index is 2.21. The lowest BCUT2D eigenvalue weighted by atomic mass is 10.1. The molecule has 1 N–H and O–H groups in total. The first kappa shape index (κ1) is 25.6. The maximum absolute atomic E-state index is 13.1. The Morgan fingerprint density at radius 3 is 2.22 bits per heavy atom. The smallest absolute Gasteiger partial charge is 0.261 e. The number of nitrogens with zero attached hydrogens (tertiary/aromatic N) is 1. The van der Waals surface area contributed by atoms with Crippen molar-refractivity contribution >= 4 is 35.0 Å². The lowest BCUT2D eigenvalue weighted by Crippen LogP contribution is -2.49. The summed E-state index contributed by atoms with van der Waals surface area (Å²) in [7, 11) is 3.05. The van der Waals surface area contributed by atoms with E-state index >= 15 is 0 Å². The van der Waals surface area contributed by atoms with E-state index in [1.807, 2.05) is 6.92 Å². The van der Waals surface area contributed by atoms with Gasteiger partial charge in [-0.05, 0) is 31.0 Å². The monoisotopic (exact) mass is 482 g/mol. The zero-order chi connectivity index (χ0) is 23.7. The maximum atomic E-state index is 13.1. The molecule has 0 saturated heterocycles. The standard InChI is InChI=1S/C23H28Cl2N2O5/c1-5-8-26-23(29)15(2)27(13-16-6-7-17(24)9-21(16)25)22(28)14-32-20-11-18(30-3)10-19(12-20)31-4/h6-7,9-12,15H,5,8,13-14H2,1-4H3,(H,26,29). The van der Waals surface area contributed by atoms with E-state index in [1.54, 1.807) is 43.3 Å². The van der Waals surface area contributed by atoms with Crippen molar-refractivity contribution in [2.45, 2.75) is 32.9 Å². The Hall–Kier alpha value is -2.64. The molecule has 1 unspecified atom stereocenters. The Kier molecular flexibility index (Phi) is 9.94. The van der Waals surface area contributed by atoms with Crippen LogP contribution in [0.5, 0.6) is 17.2 Å². The van der Waals surface area contributed by atoms with Crippen LogP contribution >= 0.6 is 23.2 Å². The molecule has 32 heavy (non-hydrogen) atoms. The van der Waals surface area contributed by atoms with Gasteiger partial charge in [0.2, 0.25) is 5.91 Å². The fraction of sp³-hybridized carbons (Fsp3) is 0.391. The Bertz CT molecular complexity index is 916. The number of ether oxygens (including phenoxy) is 3. The summed E-state index contributed by atoms with van der Waals surface area (Å²) >= 11 is 12.3. The van der Waals surface area contributed by atoms with E-state index in [9.17, 15) is 9.59 Å². The van der Waals surface area contributed by atoms with Crippen LogP contribution in [0.15, 0.2) is 36.4 Å². The van der Waals surface area contributed by atoms with Crippen LogP contribution in [0.1, 0.15) is 25.8 Å². The van der Waals surface area contributed by atoms with E-state index in [0.29, 0.717) is 39.4 Å². The molecule has 174 valence electrons. The van der Waals surface area contributed by atoms with E-state index in [2.05, 4.69) is 5.32 Å². The van der Waals surface area contributed by atoms with Crippen LogP contribution in [0, 0.1) is 0 Å². The molecule has 2 amide bonds. The number of hydrogen-bond donors (Lipinski definition) is 1. The number of amides is 2. The van der Waals surface area contributed by atoms with Gasteiger partial charge in [-0.3, -0.25) is 9.59 Å². The van der Waals surface area contributed by atoms with Gasteiger partial charge in [0.05, 0.1) is 14.2 Å². The molecule has 0 spiro atoms. The fourth-order valence-electron chi connectivity index (χ4n) is 2.90.